The number of anilines is 1. The largest absolute Gasteiger partial charge is 0.486 e. The third-order valence-electron chi connectivity index (χ3n) is 2.14. The second-order valence-corrected chi connectivity index (χ2v) is 3.41. The van der Waals surface area contributed by atoms with Crippen molar-refractivity contribution in [2.24, 2.45) is 0 Å². The lowest BCUT2D eigenvalue weighted by Crippen LogP contribution is -2.16. The van der Waals surface area contributed by atoms with Gasteiger partial charge in [-0.15, -0.1) is 11.6 Å². The summed E-state index contributed by atoms with van der Waals surface area (Å²) in [6.07, 6.45) is 0. The molecule has 0 unspecified atom stereocenters. The SMILES string of the molecule is Nc1cc2c(cc1C(=O)CCl)OCCO2. The molecule has 0 aromatic heterocycles. The monoisotopic (exact) mass is 227 g/mol. The molecule has 0 saturated carbocycles. The van der Waals surface area contributed by atoms with Gasteiger partial charge in [-0.3, -0.25) is 4.79 Å². The molecule has 0 bridgehead atoms. The van der Waals surface area contributed by atoms with Gasteiger partial charge in [-0.25, -0.2) is 0 Å². The van der Waals surface area contributed by atoms with Gasteiger partial charge in [-0.05, 0) is 6.07 Å². The Morgan fingerprint density at radius 3 is 2.53 bits per heavy atom. The van der Waals surface area contributed by atoms with E-state index in [0.29, 0.717) is 36.0 Å². The Bertz CT molecular complexity index is 406. The number of ketones is 1. The van der Waals surface area contributed by atoms with Gasteiger partial charge in [0.1, 0.15) is 13.2 Å². The van der Waals surface area contributed by atoms with Crippen molar-refractivity contribution in [3.05, 3.63) is 17.7 Å². The van der Waals surface area contributed by atoms with Crippen molar-refractivity contribution in [1.29, 1.82) is 0 Å². The highest BCUT2D eigenvalue weighted by Crippen LogP contribution is 2.34. The summed E-state index contributed by atoms with van der Waals surface area (Å²) in [5.41, 5.74) is 6.46. The first-order chi connectivity index (χ1) is 7.22. The number of nitrogens with two attached hydrogens (primary N) is 1. The predicted octanol–water partition coefficient (Wildman–Crippen LogP) is 1.46. The fourth-order valence-corrected chi connectivity index (χ4v) is 1.56. The Morgan fingerprint density at radius 2 is 1.93 bits per heavy atom. The van der Waals surface area contributed by atoms with E-state index in [1.807, 2.05) is 0 Å². The van der Waals surface area contributed by atoms with Crippen LogP contribution in [0.2, 0.25) is 0 Å². The Morgan fingerprint density at radius 1 is 1.33 bits per heavy atom. The van der Waals surface area contributed by atoms with E-state index in [9.17, 15) is 4.79 Å². The summed E-state index contributed by atoms with van der Waals surface area (Å²) in [6.45, 7) is 0.973. The zero-order valence-corrected chi connectivity index (χ0v) is 8.71. The fraction of sp³-hybridized carbons (Fsp3) is 0.300. The Labute approximate surface area is 91.9 Å². The van der Waals surface area contributed by atoms with Gasteiger partial charge in [0, 0.05) is 17.3 Å². The smallest absolute Gasteiger partial charge is 0.179 e. The molecular formula is C10H10ClNO3. The van der Waals surface area contributed by atoms with Crippen molar-refractivity contribution in [3.63, 3.8) is 0 Å². The van der Waals surface area contributed by atoms with Crippen LogP contribution in [-0.2, 0) is 0 Å². The average molecular weight is 228 g/mol. The van der Waals surface area contributed by atoms with Crippen molar-refractivity contribution < 1.29 is 14.3 Å². The molecule has 0 fully saturated rings. The molecule has 1 heterocycles. The van der Waals surface area contributed by atoms with E-state index in [1.54, 1.807) is 12.1 Å². The number of carbonyl (C=O) groups excluding carboxylic acids is 1. The number of carbonyl (C=O) groups is 1. The molecule has 4 nitrogen and oxygen atoms in total. The van der Waals surface area contributed by atoms with Crippen molar-refractivity contribution in [2.45, 2.75) is 0 Å². The molecule has 1 aliphatic heterocycles. The Kier molecular flexibility index (Phi) is 2.68. The summed E-state index contributed by atoms with van der Waals surface area (Å²) in [5, 5.41) is 0. The zero-order chi connectivity index (χ0) is 10.8. The van der Waals surface area contributed by atoms with E-state index in [2.05, 4.69) is 0 Å². The molecule has 80 valence electrons. The van der Waals surface area contributed by atoms with Crippen molar-refractivity contribution in [3.8, 4) is 11.5 Å². The third kappa shape index (κ3) is 1.85. The third-order valence-corrected chi connectivity index (χ3v) is 2.38. The van der Waals surface area contributed by atoms with E-state index < -0.39 is 0 Å². The van der Waals surface area contributed by atoms with Gasteiger partial charge in [0.25, 0.3) is 0 Å². The molecule has 0 saturated heterocycles. The maximum absolute atomic E-state index is 11.4. The van der Waals surface area contributed by atoms with Crippen LogP contribution < -0.4 is 15.2 Å². The number of nitrogen functional groups attached to an aromatic ring is 1. The van der Waals surface area contributed by atoms with E-state index in [-0.39, 0.29) is 11.7 Å². The molecule has 2 rings (SSSR count). The molecule has 5 heteroatoms. The number of ether oxygens (including phenoxy) is 2. The molecule has 2 N–H and O–H groups in total. The van der Waals surface area contributed by atoms with Crippen LogP contribution in [0.15, 0.2) is 12.1 Å². The highest BCUT2D eigenvalue weighted by molar-refractivity contribution is 6.31. The predicted molar refractivity (Wildman–Crippen MR) is 56.9 cm³/mol. The van der Waals surface area contributed by atoms with Crippen LogP contribution >= 0.6 is 11.6 Å². The number of benzene rings is 1. The number of alkyl halides is 1. The molecule has 15 heavy (non-hydrogen) atoms. The Balaban J connectivity index is 2.44. The summed E-state index contributed by atoms with van der Waals surface area (Å²) in [4.78, 5) is 11.4. The Hall–Kier alpha value is -1.42. The minimum absolute atomic E-state index is 0.0934. The molecule has 0 amide bonds. The van der Waals surface area contributed by atoms with E-state index in [0.717, 1.165) is 0 Å². The van der Waals surface area contributed by atoms with Crippen molar-refractivity contribution in [2.75, 3.05) is 24.8 Å². The topological polar surface area (TPSA) is 61.6 Å². The lowest BCUT2D eigenvalue weighted by Gasteiger charge is -2.19. The van der Waals surface area contributed by atoms with Gasteiger partial charge in [0.2, 0.25) is 0 Å². The zero-order valence-electron chi connectivity index (χ0n) is 7.96. The van der Waals surface area contributed by atoms with Crippen LogP contribution in [0, 0.1) is 0 Å². The maximum atomic E-state index is 11.4. The number of hydrogen-bond acceptors (Lipinski definition) is 4. The summed E-state index contributed by atoms with van der Waals surface area (Å²) in [7, 11) is 0. The first kappa shape index (κ1) is 10.1. The highest BCUT2D eigenvalue weighted by atomic mass is 35.5. The fourth-order valence-electron chi connectivity index (χ4n) is 1.42. The average Bonchev–Trinajstić information content (AvgIpc) is 2.27. The maximum Gasteiger partial charge on any atom is 0.179 e. The molecule has 1 aliphatic rings. The summed E-state index contributed by atoms with van der Waals surface area (Å²) >= 11 is 5.46. The van der Waals surface area contributed by atoms with E-state index in [1.165, 1.54) is 0 Å². The van der Waals surface area contributed by atoms with Gasteiger partial charge >= 0.3 is 0 Å². The molecular weight excluding hydrogens is 218 g/mol. The van der Waals surface area contributed by atoms with E-state index in [4.69, 9.17) is 26.8 Å². The molecule has 0 atom stereocenters. The van der Waals surface area contributed by atoms with Crippen LogP contribution in [0.3, 0.4) is 0 Å². The summed E-state index contributed by atoms with van der Waals surface area (Å²) in [5.74, 6) is 0.809. The number of Topliss-reactive ketones (excluding diaryl/α,β-unsaturated/α-hetero) is 1. The highest BCUT2D eigenvalue weighted by Gasteiger charge is 2.17. The molecule has 0 radical (unpaired) electrons. The number of halogens is 1. The molecule has 1 aromatic carbocycles. The lowest BCUT2D eigenvalue weighted by atomic mass is 10.1. The second-order valence-electron chi connectivity index (χ2n) is 3.14. The molecule has 1 aromatic rings. The van der Waals surface area contributed by atoms with Crippen LogP contribution in [0.4, 0.5) is 5.69 Å². The van der Waals surface area contributed by atoms with Gasteiger partial charge in [-0.2, -0.15) is 0 Å². The van der Waals surface area contributed by atoms with Gasteiger partial charge in [0.05, 0.1) is 5.88 Å². The van der Waals surface area contributed by atoms with Crippen LogP contribution in [0.1, 0.15) is 10.4 Å². The van der Waals surface area contributed by atoms with Gasteiger partial charge < -0.3 is 15.2 Å². The van der Waals surface area contributed by atoms with Crippen molar-refractivity contribution >= 4 is 23.1 Å². The number of fused-ring (bicyclic) bond motifs is 1. The van der Waals surface area contributed by atoms with E-state index >= 15 is 0 Å². The van der Waals surface area contributed by atoms with Crippen LogP contribution in [0.5, 0.6) is 11.5 Å². The summed E-state index contributed by atoms with van der Waals surface area (Å²) < 4.78 is 10.7. The van der Waals surface area contributed by atoms with Crippen LogP contribution in [-0.4, -0.2) is 24.9 Å². The quantitative estimate of drug-likeness (QED) is 0.472. The summed E-state index contributed by atoms with van der Waals surface area (Å²) in [6, 6.07) is 3.17. The molecule has 0 spiro atoms. The second kappa shape index (κ2) is 3.98. The minimum Gasteiger partial charge on any atom is -0.486 e. The lowest BCUT2D eigenvalue weighted by molar-refractivity contribution is 0.102. The number of rotatable bonds is 2. The van der Waals surface area contributed by atoms with Gasteiger partial charge in [-0.1, -0.05) is 0 Å². The standard InChI is InChI=1S/C10H10ClNO3/c11-5-8(13)6-3-9-10(4-7(6)12)15-2-1-14-9/h3-4H,1-2,5,12H2. The first-order valence-corrected chi connectivity index (χ1v) is 5.04. The van der Waals surface area contributed by atoms with Crippen molar-refractivity contribution in [1.82, 2.24) is 0 Å². The van der Waals surface area contributed by atoms with Gasteiger partial charge in [0.15, 0.2) is 17.3 Å². The first-order valence-electron chi connectivity index (χ1n) is 4.50. The molecule has 0 aliphatic carbocycles. The normalized spacial score (nSPS) is 13.7. The minimum atomic E-state index is -0.217. The van der Waals surface area contributed by atoms with Crippen LogP contribution in [0.25, 0.3) is 0 Å². The number of hydrogen-bond donors (Lipinski definition) is 1.